The summed E-state index contributed by atoms with van der Waals surface area (Å²) >= 11 is 1.83. The maximum absolute atomic E-state index is 3.64. The second kappa shape index (κ2) is 6.42. The number of hydrogen-bond donors (Lipinski definition) is 1. The Labute approximate surface area is 130 Å². The Morgan fingerprint density at radius 3 is 2.57 bits per heavy atom. The van der Waals surface area contributed by atoms with Crippen molar-refractivity contribution in [2.45, 2.75) is 32.9 Å². The van der Waals surface area contributed by atoms with Gasteiger partial charge in [0.15, 0.2) is 0 Å². The minimum absolute atomic E-state index is 0.370. The Bertz CT molecular complexity index is 712. The van der Waals surface area contributed by atoms with E-state index in [0.717, 1.165) is 13.0 Å². The average Bonchev–Trinajstić information content (AvgIpc) is 2.96. The Hall–Kier alpha value is -1.64. The van der Waals surface area contributed by atoms with Gasteiger partial charge < -0.3 is 5.32 Å². The Morgan fingerprint density at radius 1 is 1.05 bits per heavy atom. The molecule has 0 spiro atoms. The van der Waals surface area contributed by atoms with E-state index in [9.17, 15) is 0 Å². The molecule has 1 aromatic heterocycles. The first-order valence-corrected chi connectivity index (χ1v) is 8.43. The molecule has 2 heteroatoms. The summed E-state index contributed by atoms with van der Waals surface area (Å²) in [5.41, 5.74) is 4.15. The Balaban J connectivity index is 1.68. The van der Waals surface area contributed by atoms with Crippen molar-refractivity contribution in [3.8, 4) is 0 Å². The standard InChI is InChI=1S/C19H21NS/c1-3-15-8-10-16(11-9-15)14(2)20-12-17-13-21-19-7-5-4-6-18(17)19/h4-11,13-14,20H,3,12H2,1-2H3. The molecule has 0 saturated heterocycles. The van der Waals surface area contributed by atoms with E-state index in [1.54, 1.807) is 0 Å². The third-order valence-corrected chi connectivity index (χ3v) is 5.06. The lowest BCUT2D eigenvalue weighted by molar-refractivity contribution is 0.577. The van der Waals surface area contributed by atoms with Crippen molar-refractivity contribution in [3.63, 3.8) is 0 Å². The maximum Gasteiger partial charge on any atom is 0.0346 e. The molecule has 1 nitrogen and oxygen atoms in total. The van der Waals surface area contributed by atoms with Gasteiger partial charge in [-0.25, -0.2) is 0 Å². The molecule has 0 aliphatic carbocycles. The van der Waals surface area contributed by atoms with E-state index in [1.807, 2.05) is 11.3 Å². The van der Waals surface area contributed by atoms with Gasteiger partial charge in [-0.2, -0.15) is 0 Å². The molecule has 0 radical (unpaired) electrons. The first kappa shape index (κ1) is 14.3. The van der Waals surface area contributed by atoms with Gasteiger partial charge in [0.2, 0.25) is 0 Å². The highest BCUT2D eigenvalue weighted by atomic mass is 32.1. The maximum atomic E-state index is 3.64. The predicted octanol–water partition coefficient (Wildman–Crippen LogP) is 5.31. The van der Waals surface area contributed by atoms with Crippen molar-refractivity contribution >= 4 is 21.4 Å². The topological polar surface area (TPSA) is 12.0 Å². The molecule has 0 saturated carbocycles. The van der Waals surface area contributed by atoms with Crippen LogP contribution >= 0.6 is 11.3 Å². The van der Waals surface area contributed by atoms with Crippen LogP contribution in [0.25, 0.3) is 10.1 Å². The lowest BCUT2D eigenvalue weighted by Gasteiger charge is -2.14. The second-order valence-corrected chi connectivity index (χ2v) is 6.37. The van der Waals surface area contributed by atoms with Gasteiger partial charge in [0.25, 0.3) is 0 Å². The second-order valence-electron chi connectivity index (χ2n) is 5.45. The van der Waals surface area contributed by atoms with Crippen LogP contribution in [0.3, 0.4) is 0 Å². The number of rotatable bonds is 5. The van der Waals surface area contributed by atoms with Crippen molar-refractivity contribution in [1.29, 1.82) is 0 Å². The van der Waals surface area contributed by atoms with E-state index in [1.165, 1.54) is 26.8 Å². The van der Waals surface area contributed by atoms with E-state index >= 15 is 0 Å². The molecule has 21 heavy (non-hydrogen) atoms. The zero-order valence-corrected chi connectivity index (χ0v) is 13.4. The summed E-state index contributed by atoms with van der Waals surface area (Å²) in [4.78, 5) is 0. The van der Waals surface area contributed by atoms with Crippen LogP contribution in [0.4, 0.5) is 0 Å². The zero-order valence-electron chi connectivity index (χ0n) is 12.6. The van der Waals surface area contributed by atoms with Gasteiger partial charge in [0.05, 0.1) is 0 Å². The summed E-state index contributed by atoms with van der Waals surface area (Å²) in [5, 5.41) is 7.28. The van der Waals surface area contributed by atoms with E-state index in [0.29, 0.717) is 6.04 Å². The molecule has 1 heterocycles. The fourth-order valence-corrected chi connectivity index (χ4v) is 3.56. The molecule has 3 aromatic rings. The predicted molar refractivity (Wildman–Crippen MR) is 92.9 cm³/mol. The molecule has 1 N–H and O–H groups in total. The highest BCUT2D eigenvalue weighted by molar-refractivity contribution is 7.17. The Kier molecular flexibility index (Phi) is 4.37. The molecular weight excluding hydrogens is 274 g/mol. The number of benzene rings is 2. The van der Waals surface area contributed by atoms with Crippen LogP contribution in [0.5, 0.6) is 0 Å². The summed E-state index contributed by atoms with van der Waals surface area (Å²) in [6.07, 6.45) is 1.10. The normalized spacial score (nSPS) is 12.7. The van der Waals surface area contributed by atoms with Crippen LogP contribution in [0.1, 0.15) is 36.6 Å². The molecule has 1 atom stereocenters. The molecule has 0 amide bonds. The molecule has 108 valence electrons. The number of aryl methyl sites for hydroxylation is 1. The fourth-order valence-electron chi connectivity index (χ4n) is 2.59. The highest BCUT2D eigenvalue weighted by Crippen LogP contribution is 2.26. The molecular formula is C19H21NS. The Morgan fingerprint density at radius 2 is 1.81 bits per heavy atom. The fraction of sp³-hybridized carbons (Fsp3) is 0.263. The molecule has 2 aromatic carbocycles. The molecule has 1 unspecified atom stereocenters. The lowest BCUT2D eigenvalue weighted by Crippen LogP contribution is -2.17. The highest BCUT2D eigenvalue weighted by Gasteiger charge is 2.07. The van der Waals surface area contributed by atoms with Crippen LogP contribution in [0.2, 0.25) is 0 Å². The van der Waals surface area contributed by atoms with Crippen molar-refractivity contribution in [2.75, 3.05) is 0 Å². The molecule has 0 fully saturated rings. The first-order valence-electron chi connectivity index (χ1n) is 7.55. The third kappa shape index (κ3) is 3.17. The van der Waals surface area contributed by atoms with Crippen LogP contribution in [-0.2, 0) is 13.0 Å². The van der Waals surface area contributed by atoms with E-state index < -0.39 is 0 Å². The average molecular weight is 295 g/mol. The summed E-state index contributed by atoms with van der Waals surface area (Å²) < 4.78 is 1.37. The molecule has 0 bridgehead atoms. The van der Waals surface area contributed by atoms with Gasteiger partial charge in [-0.05, 0) is 46.9 Å². The summed E-state index contributed by atoms with van der Waals surface area (Å²) in [5.74, 6) is 0. The SMILES string of the molecule is CCc1ccc(C(C)NCc2csc3ccccc23)cc1. The molecule has 0 aliphatic rings. The van der Waals surface area contributed by atoms with Gasteiger partial charge in [0, 0.05) is 17.3 Å². The molecule has 0 aliphatic heterocycles. The minimum Gasteiger partial charge on any atom is -0.306 e. The van der Waals surface area contributed by atoms with Crippen LogP contribution < -0.4 is 5.32 Å². The van der Waals surface area contributed by atoms with Crippen LogP contribution in [0.15, 0.2) is 53.9 Å². The number of nitrogens with one attached hydrogen (secondary N) is 1. The monoisotopic (exact) mass is 295 g/mol. The third-order valence-electron chi connectivity index (χ3n) is 4.05. The number of hydrogen-bond acceptors (Lipinski definition) is 2. The smallest absolute Gasteiger partial charge is 0.0346 e. The lowest BCUT2D eigenvalue weighted by atomic mass is 10.0. The van der Waals surface area contributed by atoms with Crippen LogP contribution in [-0.4, -0.2) is 0 Å². The largest absolute Gasteiger partial charge is 0.306 e. The first-order chi connectivity index (χ1) is 10.3. The van der Waals surface area contributed by atoms with Crippen molar-refractivity contribution < 1.29 is 0 Å². The van der Waals surface area contributed by atoms with Crippen molar-refractivity contribution in [3.05, 3.63) is 70.6 Å². The quantitative estimate of drug-likeness (QED) is 0.672. The minimum atomic E-state index is 0.370. The summed E-state index contributed by atoms with van der Waals surface area (Å²) in [6, 6.07) is 17.9. The van der Waals surface area contributed by atoms with E-state index in [-0.39, 0.29) is 0 Å². The van der Waals surface area contributed by atoms with Gasteiger partial charge >= 0.3 is 0 Å². The summed E-state index contributed by atoms with van der Waals surface area (Å²) in [7, 11) is 0. The van der Waals surface area contributed by atoms with E-state index in [4.69, 9.17) is 0 Å². The van der Waals surface area contributed by atoms with E-state index in [2.05, 4.69) is 73.1 Å². The van der Waals surface area contributed by atoms with Crippen molar-refractivity contribution in [2.24, 2.45) is 0 Å². The van der Waals surface area contributed by atoms with Gasteiger partial charge in [-0.1, -0.05) is 49.4 Å². The number of fused-ring (bicyclic) bond motifs is 1. The van der Waals surface area contributed by atoms with Crippen LogP contribution in [0, 0.1) is 0 Å². The van der Waals surface area contributed by atoms with Crippen molar-refractivity contribution in [1.82, 2.24) is 5.32 Å². The summed E-state index contributed by atoms with van der Waals surface area (Å²) in [6.45, 7) is 5.34. The van der Waals surface area contributed by atoms with Gasteiger partial charge in [-0.3, -0.25) is 0 Å². The zero-order chi connectivity index (χ0) is 14.7. The number of thiophene rings is 1. The molecule has 3 rings (SSSR count). The van der Waals surface area contributed by atoms with Gasteiger partial charge in [-0.15, -0.1) is 11.3 Å². The van der Waals surface area contributed by atoms with Gasteiger partial charge in [0.1, 0.15) is 0 Å².